The minimum absolute atomic E-state index is 0.235. The maximum Gasteiger partial charge on any atom is 0.162 e. The zero-order valence-corrected chi connectivity index (χ0v) is 13.1. The minimum Gasteiger partial charge on any atom is -0.369 e. The SMILES string of the molecule is N#Cc1c(Cl)nsc1NCc1cn2cc(Br)ccc2n1. The molecule has 3 aromatic heterocycles. The van der Waals surface area contributed by atoms with E-state index in [1.165, 1.54) is 11.5 Å². The Kier molecular flexibility index (Phi) is 3.61. The summed E-state index contributed by atoms with van der Waals surface area (Å²) in [6, 6.07) is 5.91. The topological polar surface area (TPSA) is 66.0 Å². The van der Waals surface area contributed by atoms with Crippen molar-refractivity contribution in [2.24, 2.45) is 0 Å². The smallest absolute Gasteiger partial charge is 0.162 e. The summed E-state index contributed by atoms with van der Waals surface area (Å²) in [6.07, 6.45) is 3.87. The molecule has 3 aromatic rings. The van der Waals surface area contributed by atoms with Crippen molar-refractivity contribution in [2.75, 3.05) is 5.32 Å². The van der Waals surface area contributed by atoms with Crippen LogP contribution in [-0.2, 0) is 6.54 Å². The Morgan fingerprint density at radius 3 is 3.10 bits per heavy atom. The highest BCUT2D eigenvalue weighted by atomic mass is 79.9. The molecule has 0 bridgehead atoms. The van der Waals surface area contributed by atoms with Crippen LogP contribution in [0.4, 0.5) is 5.00 Å². The van der Waals surface area contributed by atoms with Gasteiger partial charge in [-0.25, -0.2) is 4.98 Å². The molecule has 0 unspecified atom stereocenters. The molecule has 0 saturated carbocycles. The van der Waals surface area contributed by atoms with E-state index < -0.39 is 0 Å². The van der Waals surface area contributed by atoms with Gasteiger partial charge in [0.15, 0.2) is 5.15 Å². The zero-order chi connectivity index (χ0) is 14.1. The Bertz CT molecular complexity index is 819. The largest absolute Gasteiger partial charge is 0.369 e. The highest BCUT2D eigenvalue weighted by molar-refractivity contribution is 9.10. The number of pyridine rings is 1. The number of anilines is 1. The quantitative estimate of drug-likeness (QED) is 0.765. The van der Waals surface area contributed by atoms with Crippen molar-refractivity contribution in [1.82, 2.24) is 13.8 Å². The Balaban J connectivity index is 1.81. The average Bonchev–Trinajstić information content (AvgIpc) is 2.98. The molecule has 0 aliphatic carbocycles. The van der Waals surface area contributed by atoms with Gasteiger partial charge >= 0.3 is 0 Å². The fraction of sp³-hybridized carbons (Fsp3) is 0.0833. The Morgan fingerprint density at radius 2 is 2.30 bits per heavy atom. The molecule has 1 N–H and O–H groups in total. The number of hydrogen-bond donors (Lipinski definition) is 1. The molecule has 0 spiro atoms. The second kappa shape index (κ2) is 5.40. The summed E-state index contributed by atoms with van der Waals surface area (Å²) in [5.41, 5.74) is 2.12. The molecule has 0 radical (unpaired) electrons. The van der Waals surface area contributed by atoms with Gasteiger partial charge in [0, 0.05) is 16.9 Å². The van der Waals surface area contributed by atoms with Crippen molar-refractivity contribution in [2.45, 2.75) is 6.54 Å². The van der Waals surface area contributed by atoms with E-state index in [-0.39, 0.29) is 5.15 Å². The van der Waals surface area contributed by atoms with Crippen LogP contribution in [0.3, 0.4) is 0 Å². The predicted octanol–water partition coefficient (Wildman–Crippen LogP) is 3.69. The van der Waals surface area contributed by atoms with Crippen molar-refractivity contribution in [3.05, 3.63) is 45.4 Å². The third-order valence-corrected chi connectivity index (χ3v) is 4.30. The van der Waals surface area contributed by atoms with Gasteiger partial charge in [0.05, 0.1) is 12.2 Å². The van der Waals surface area contributed by atoms with E-state index in [1.54, 1.807) is 0 Å². The molecule has 3 rings (SSSR count). The van der Waals surface area contributed by atoms with Gasteiger partial charge in [-0.15, -0.1) is 0 Å². The van der Waals surface area contributed by atoms with Crippen molar-refractivity contribution in [1.29, 1.82) is 5.26 Å². The van der Waals surface area contributed by atoms with Gasteiger partial charge in [-0.1, -0.05) is 11.6 Å². The normalized spacial score (nSPS) is 10.7. The molecule has 0 atom stereocenters. The number of imidazole rings is 1. The van der Waals surface area contributed by atoms with E-state index in [0.717, 1.165) is 15.8 Å². The first-order chi connectivity index (χ1) is 9.67. The van der Waals surface area contributed by atoms with E-state index in [0.29, 0.717) is 17.1 Å². The van der Waals surface area contributed by atoms with E-state index in [2.05, 4.69) is 30.6 Å². The van der Waals surface area contributed by atoms with Crippen LogP contribution in [0.15, 0.2) is 29.0 Å². The summed E-state index contributed by atoms with van der Waals surface area (Å²) in [7, 11) is 0. The lowest BCUT2D eigenvalue weighted by Gasteiger charge is -1.99. The maximum absolute atomic E-state index is 9.00. The average molecular weight is 369 g/mol. The van der Waals surface area contributed by atoms with E-state index in [1.807, 2.05) is 35.0 Å². The first kappa shape index (κ1) is 13.4. The van der Waals surface area contributed by atoms with Crippen LogP contribution in [0.2, 0.25) is 5.15 Å². The number of nitrogens with one attached hydrogen (secondary N) is 1. The second-order valence-electron chi connectivity index (χ2n) is 3.99. The lowest BCUT2D eigenvalue weighted by Crippen LogP contribution is -1.99. The fourth-order valence-electron chi connectivity index (χ4n) is 1.76. The first-order valence-corrected chi connectivity index (χ1v) is 7.54. The minimum atomic E-state index is 0.235. The van der Waals surface area contributed by atoms with Crippen LogP contribution in [-0.4, -0.2) is 13.8 Å². The lowest BCUT2D eigenvalue weighted by molar-refractivity contribution is 1.08. The van der Waals surface area contributed by atoms with Crippen LogP contribution in [0.1, 0.15) is 11.3 Å². The molecule has 0 amide bonds. The van der Waals surface area contributed by atoms with Crippen LogP contribution in [0.25, 0.3) is 5.65 Å². The fourth-order valence-corrected chi connectivity index (χ4v) is 3.04. The van der Waals surface area contributed by atoms with Gasteiger partial charge in [-0.05, 0) is 39.6 Å². The molecule has 0 aliphatic heterocycles. The summed E-state index contributed by atoms with van der Waals surface area (Å²) >= 11 is 10.4. The molecule has 100 valence electrons. The van der Waals surface area contributed by atoms with Crippen LogP contribution < -0.4 is 5.32 Å². The Labute approximate surface area is 132 Å². The molecule has 0 aliphatic rings. The van der Waals surface area contributed by atoms with E-state index >= 15 is 0 Å². The first-order valence-electron chi connectivity index (χ1n) is 5.59. The number of rotatable bonds is 3. The summed E-state index contributed by atoms with van der Waals surface area (Å²) in [5, 5.41) is 13.0. The monoisotopic (exact) mass is 367 g/mol. The predicted molar refractivity (Wildman–Crippen MR) is 82.1 cm³/mol. The third kappa shape index (κ3) is 2.50. The Morgan fingerprint density at radius 1 is 1.45 bits per heavy atom. The molecule has 0 saturated heterocycles. The second-order valence-corrected chi connectivity index (χ2v) is 6.03. The number of nitrogens with zero attached hydrogens (tertiary/aromatic N) is 4. The van der Waals surface area contributed by atoms with Gasteiger partial charge in [0.25, 0.3) is 0 Å². The van der Waals surface area contributed by atoms with Gasteiger partial charge in [0.2, 0.25) is 0 Å². The summed E-state index contributed by atoms with van der Waals surface area (Å²) in [6.45, 7) is 0.506. The lowest BCUT2D eigenvalue weighted by atomic mass is 10.3. The van der Waals surface area contributed by atoms with Crippen molar-refractivity contribution in [3.8, 4) is 6.07 Å². The molecule has 0 aromatic carbocycles. The van der Waals surface area contributed by atoms with Gasteiger partial charge in [0.1, 0.15) is 22.3 Å². The maximum atomic E-state index is 9.00. The van der Waals surface area contributed by atoms with Crippen LogP contribution >= 0.6 is 39.1 Å². The molecular formula is C12H7BrClN5S. The number of hydrogen-bond acceptors (Lipinski definition) is 5. The van der Waals surface area contributed by atoms with Gasteiger partial charge < -0.3 is 9.72 Å². The molecule has 3 heterocycles. The zero-order valence-electron chi connectivity index (χ0n) is 9.97. The highest BCUT2D eigenvalue weighted by Crippen LogP contribution is 2.27. The summed E-state index contributed by atoms with van der Waals surface area (Å²) in [5.74, 6) is 0. The number of aromatic nitrogens is 3. The molecule has 0 fully saturated rings. The summed E-state index contributed by atoms with van der Waals surface area (Å²) < 4.78 is 6.87. The van der Waals surface area contributed by atoms with Gasteiger partial charge in [-0.3, -0.25) is 0 Å². The highest BCUT2D eigenvalue weighted by Gasteiger charge is 2.11. The number of nitriles is 1. The standard InChI is InChI=1S/C12H7BrClN5S/c13-7-1-2-10-17-8(6-19(10)5-7)4-16-12-9(3-15)11(14)18-20-12/h1-2,5-6,16H,4H2. The van der Waals surface area contributed by atoms with Crippen LogP contribution in [0.5, 0.6) is 0 Å². The van der Waals surface area contributed by atoms with E-state index in [4.69, 9.17) is 16.9 Å². The molecule has 20 heavy (non-hydrogen) atoms. The van der Waals surface area contributed by atoms with Gasteiger partial charge in [-0.2, -0.15) is 9.64 Å². The molecule has 8 heteroatoms. The third-order valence-electron chi connectivity index (χ3n) is 2.66. The molecule has 5 nitrogen and oxygen atoms in total. The van der Waals surface area contributed by atoms with Crippen molar-refractivity contribution >= 4 is 49.7 Å². The summed E-state index contributed by atoms with van der Waals surface area (Å²) in [4.78, 5) is 4.48. The van der Waals surface area contributed by atoms with E-state index in [9.17, 15) is 0 Å². The van der Waals surface area contributed by atoms with Crippen LogP contribution in [0, 0.1) is 11.3 Å². The number of halogens is 2. The van der Waals surface area contributed by atoms with Crippen molar-refractivity contribution < 1.29 is 0 Å². The van der Waals surface area contributed by atoms with Crippen molar-refractivity contribution in [3.63, 3.8) is 0 Å². The Hall–Kier alpha value is -1.62. The molecular weight excluding hydrogens is 362 g/mol. The number of fused-ring (bicyclic) bond motifs is 1.